The summed E-state index contributed by atoms with van der Waals surface area (Å²) in [6, 6.07) is 18.6. The van der Waals surface area contributed by atoms with Crippen molar-refractivity contribution in [3.05, 3.63) is 60.2 Å². The van der Waals surface area contributed by atoms with Gasteiger partial charge in [0.1, 0.15) is 0 Å². The third-order valence-corrected chi connectivity index (χ3v) is 3.77. The molecule has 0 aliphatic rings. The molecular weight excluding hydrogens is 266 g/mol. The molecule has 0 saturated carbocycles. The fraction of sp³-hybridized carbons (Fsp3) is 0.125. The number of hydrogen-bond acceptors (Lipinski definition) is 3. The van der Waals surface area contributed by atoms with Gasteiger partial charge >= 0.3 is 0 Å². The average Bonchev–Trinajstić information content (AvgIpc) is 2.93. The number of rotatable bonds is 3. The quantitative estimate of drug-likeness (QED) is 0.681. The van der Waals surface area contributed by atoms with Crippen LogP contribution in [0.2, 0.25) is 0 Å². The fourth-order valence-corrected chi connectivity index (χ4v) is 2.60. The molecule has 0 saturated heterocycles. The highest BCUT2D eigenvalue weighted by Gasteiger charge is 2.14. The van der Waals surface area contributed by atoms with Crippen LogP contribution in [0.15, 0.2) is 59.8 Å². The lowest BCUT2D eigenvalue weighted by Crippen LogP contribution is -1.99. The SMILES string of the molecule is CSc1nnc(-c2ccccc2)n1-c1ccc(C)cc1. The minimum atomic E-state index is 0.874. The molecule has 0 amide bonds. The van der Waals surface area contributed by atoms with Gasteiger partial charge in [0, 0.05) is 11.3 Å². The first-order valence-corrected chi connectivity index (χ1v) is 7.64. The molecule has 0 aliphatic heterocycles. The van der Waals surface area contributed by atoms with Crippen LogP contribution >= 0.6 is 11.8 Å². The van der Waals surface area contributed by atoms with Crippen molar-refractivity contribution in [3.63, 3.8) is 0 Å². The molecule has 0 aliphatic carbocycles. The molecule has 0 radical (unpaired) electrons. The Bertz CT molecular complexity index is 702. The third-order valence-electron chi connectivity index (χ3n) is 3.14. The van der Waals surface area contributed by atoms with Gasteiger partial charge in [0.15, 0.2) is 11.0 Å². The average molecular weight is 281 g/mol. The van der Waals surface area contributed by atoms with Gasteiger partial charge in [-0.3, -0.25) is 4.57 Å². The monoisotopic (exact) mass is 281 g/mol. The Balaban J connectivity index is 2.18. The van der Waals surface area contributed by atoms with Crippen LogP contribution in [0.4, 0.5) is 0 Å². The topological polar surface area (TPSA) is 30.7 Å². The zero-order valence-corrected chi connectivity index (χ0v) is 12.3. The first-order chi connectivity index (χ1) is 9.79. The van der Waals surface area contributed by atoms with Crippen LogP contribution in [0.25, 0.3) is 17.1 Å². The number of nitrogens with zero attached hydrogens (tertiary/aromatic N) is 3. The third kappa shape index (κ3) is 2.34. The van der Waals surface area contributed by atoms with Crippen LogP contribution in [0.5, 0.6) is 0 Å². The molecule has 3 nitrogen and oxygen atoms in total. The Hall–Kier alpha value is -2.07. The second-order valence-electron chi connectivity index (χ2n) is 4.55. The fourth-order valence-electron chi connectivity index (χ4n) is 2.10. The molecule has 2 aromatic carbocycles. The number of benzene rings is 2. The first kappa shape index (κ1) is 12.9. The summed E-state index contributed by atoms with van der Waals surface area (Å²) in [7, 11) is 0. The standard InChI is InChI=1S/C16H15N3S/c1-12-8-10-14(11-9-12)19-15(17-18-16(19)20-2)13-6-4-3-5-7-13/h3-11H,1-2H3. The second kappa shape index (κ2) is 5.51. The van der Waals surface area contributed by atoms with E-state index in [-0.39, 0.29) is 0 Å². The summed E-state index contributed by atoms with van der Waals surface area (Å²) in [4.78, 5) is 0. The molecule has 0 unspecified atom stereocenters. The van der Waals surface area contributed by atoms with Crippen molar-refractivity contribution in [2.45, 2.75) is 12.1 Å². The van der Waals surface area contributed by atoms with E-state index >= 15 is 0 Å². The highest BCUT2D eigenvalue weighted by molar-refractivity contribution is 7.98. The van der Waals surface area contributed by atoms with Gasteiger partial charge in [-0.2, -0.15) is 0 Å². The van der Waals surface area contributed by atoms with Crippen molar-refractivity contribution in [1.82, 2.24) is 14.8 Å². The lowest BCUT2D eigenvalue weighted by Gasteiger charge is -2.09. The Kier molecular flexibility index (Phi) is 3.56. The van der Waals surface area contributed by atoms with Crippen molar-refractivity contribution in [3.8, 4) is 17.1 Å². The minimum Gasteiger partial charge on any atom is -0.270 e. The molecular formula is C16H15N3S. The molecule has 3 rings (SSSR count). The summed E-state index contributed by atoms with van der Waals surface area (Å²) >= 11 is 1.60. The zero-order valence-electron chi connectivity index (χ0n) is 11.4. The van der Waals surface area contributed by atoms with Crippen molar-refractivity contribution in [2.24, 2.45) is 0 Å². The van der Waals surface area contributed by atoms with E-state index in [1.165, 1.54) is 5.56 Å². The maximum absolute atomic E-state index is 4.35. The van der Waals surface area contributed by atoms with Gasteiger partial charge in [0.25, 0.3) is 0 Å². The van der Waals surface area contributed by atoms with Gasteiger partial charge in [-0.15, -0.1) is 10.2 Å². The Morgan fingerprint density at radius 1 is 0.900 bits per heavy atom. The van der Waals surface area contributed by atoms with E-state index in [4.69, 9.17) is 0 Å². The van der Waals surface area contributed by atoms with Gasteiger partial charge in [0.2, 0.25) is 0 Å². The van der Waals surface area contributed by atoms with E-state index in [9.17, 15) is 0 Å². The van der Waals surface area contributed by atoms with Gasteiger partial charge in [0.05, 0.1) is 0 Å². The number of thioether (sulfide) groups is 1. The molecule has 0 bridgehead atoms. The van der Waals surface area contributed by atoms with E-state index in [1.807, 2.05) is 24.5 Å². The molecule has 20 heavy (non-hydrogen) atoms. The number of aryl methyl sites for hydroxylation is 1. The lowest BCUT2D eigenvalue weighted by atomic mass is 10.2. The van der Waals surface area contributed by atoms with Crippen molar-refractivity contribution >= 4 is 11.8 Å². The van der Waals surface area contributed by atoms with Crippen molar-refractivity contribution < 1.29 is 0 Å². The first-order valence-electron chi connectivity index (χ1n) is 6.41. The van der Waals surface area contributed by atoms with Crippen LogP contribution in [0.3, 0.4) is 0 Å². The predicted molar refractivity (Wildman–Crippen MR) is 83.3 cm³/mol. The summed E-state index contributed by atoms with van der Waals surface area (Å²) in [6.07, 6.45) is 2.02. The minimum absolute atomic E-state index is 0.874. The largest absolute Gasteiger partial charge is 0.270 e. The van der Waals surface area contributed by atoms with E-state index in [0.717, 1.165) is 22.2 Å². The van der Waals surface area contributed by atoms with Gasteiger partial charge in [-0.05, 0) is 25.3 Å². The summed E-state index contributed by atoms with van der Waals surface area (Å²) in [5.74, 6) is 0.874. The van der Waals surface area contributed by atoms with Crippen molar-refractivity contribution in [2.75, 3.05) is 6.26 Å². The maximum atomic E-state index is 4.35. The molecule has 4 heteroatoms. The molecule has 0 spiro atoms. The predicted octanol–water partition coefficient (Wildman–Crippen LogP) is 3.96. The van der Waals surface area contributed by atoms with Crippen LogP contribution < -0.4 is 0 Å². The van der Waals surface area contributed by atoms with Crippen LogP contribution in [0.1, 0.15) is 5.56 Å². The Labute approximate surface area is 122 Å². The maximum Gasteiger partial charge on any atom is 0.195 e. The summed E-state index contributed by atoms with van der Waals surface area (Å²) in [5.41, 5.74) is 3.40. The van der Waals surface area contributed by atoms with E-state index in [0.29, 0.717) is 0 Å². The van der Waals surface area contributed by atoms with E-state index in [2.05, 4.69) is 58.1 Å². The van der Waals surface area contributed by atoms with Crippen molar-refractivity contribution in [1.29, 1.82) is 0 Å². The van der Waals surface area contributed by atoms with Gasteiger partial charge < -0.3 is 0 Å². The highest BCUT2D eigenvalue weighted by atomic mass is 32.2. The molecule has 1 aromatic heterocycles. The van der Waals surface area contributed by atoms with Crippen LogP contribution in [-0.2, 0) is 0 Å². The van der Waals surface area contributed by atoms with Crippen LogP contribution in [0, 0.1) is 6.92 Å². The molecule has 3 aromatic rings. The van der Waals surface area contributed by atoms with E-state index in [1.54, 1.807) is 11.8 Å². The summed E-state index contributed by atoms with van der Waals surface area (Å²) in [5, 5.41) is 9.53. The molecule has 0 fully saturated rings. The molecule has 1 heterocycles. The lowest BCUT2D eigenvalue weighted by molar-refractivity contribution is 0.888. The Morgan fingerprint density at radius 3 is 2.25 bits per heavy atom. The normalized spacial score (nSPS) is 10.7. The van der Waals surface area contributed by atoms with E-state index < -0.39 is 0 Å². The van der Waals surface area contributed by atoms with Gasteiger partial charge in [-0.1, -0.05) is 59.8 Å². The molecule has 100 valence electrons. The van der Waals surface area contributed by atoms with Gasteiger partial charge in [-0.25, -0.2) is 0 Å². The number of hydrogen-bond donors (Lipinski definition) is 0. The number of aromatic nitrogens is 3. The summed E-state index contributed by atoms with van der Waals surface area (Å²) < 4.78 is 2.10. The summed E-state index contributed by atoms with van der Waals surface area (Å²) in [6.45, 7) is 2.09. The zero-order chi connectivity index (χ0) is 13.9. The smallest absolute Gasteiger partial charge is 0.195 e. The molecule has 0 N–H and O–H groups in total. The molecule has 0 atom stereocenters. The highest BCUT2D eigenvalue weighted by Crippen LogP contribution is 2.26. The second-order valence-corrected chi connectivity index (χ2v) is 5.32. The Morgan fingerprint density at radius 2 is 1.60 bits per heavy atom. The van der Waals surface area contributed by atoms with Crippen LogP contribution in [-0.4, -0.2) is 21.0 Å².